The van der Waals surface area contributed by atoms with E-state index in [1.807, 2.05) is 0 Å². The first-order valence-corrected chi connectivity index (χ1v) is 7.01. The highest BCUT2D eigenvalue weighted by atomic mass is 19.3. The third-order valence-corrected chi connectivity index (χ3v) is 4.03. The van der Waals surface area contributed by atoms with Gasteiger partial charge in [0.05, 0.1) is 24.6 Å². The van der Waals surface area contributed by atoms with Crippen molar-refractivity contribution in [3.05, 3.63) is 35.1 Å². The molecular weight excluding hydrogens is 313 g/mol. The normalized spacial score (nSPS) is 19.8. The Hall–Kier alpha value is -2.38. The zero-order valence-electron chi connectivity index (χ0n) is 12.0. The number of aldehydes is 1. The van der Waals surface area contributed by atoms with Gasteiger partial charge in [-0.1, -0.05) is 0 Å². The maximum atomic E-state index is 13.7. The van der Waals surface area contributed by atoms with E-state index in [4.69, 9.17) is 0 Å². The number of nitrogens with zero attached hydrogens (tertiary/aromatic N) is 2. The van der Waals surface area contributed by atoms with E-state index in [-0.39, 0.29) is 24.2 Å². The van der Waals surface area contributed by atoms with Gasteiger partial charge in [0.15, 0.2) is 0 Å². The molecule has 2 fully saturated rings. The largest absolute Gasteiger partial charge is 0.337 e. The van der Waals surface area contributed by atoms with Crippen molar-refractivity contribution in [3.8, 4) is 0 Å². The van der Waals surface area contributed by atoms with Gasteiger partial charge in [-0.05, 0) is 18.2 Å². The molecule has 0 atom stereocenters. The molecule has 5 nitrogen and oxygen atoms in total. The lowest BCUT2D eigenvalue weighted by Crippen LogP contribution is -2.64. The summed E-state index contributed by atoms with van der Waals surface area (Å²) >= 11 is 0. The molecule has 0 bridgehead atoms. The van der Waals surface area contributed by atoms with Crippen LogP contribution in [0.25, 0.3) is 0 Å². The molecule has 23 heavy (non-hydrogen) atoms. The van der Waals surface area contributed by atoms with Crippen molar-refractivity contribution < 1.29 is 27.6 Å². The Morgan fingerprint density at radius 3 is 2.39 bits per heavy atom. The molecule has 0 aliphatic carbocycles. The van der Waals surface area contributed by atoms with Crippen LogP contribution in [-0.2, 0) is 4.79 Å². The highest BCUT2D eigenvalue weighted by molar-refractivity contribution is 5.97. The average molecular weight is 326 g/mol. The SMILES string of the molecule is O=Cc1ccc(F)c(C(=O)N2CC(C(=O)N3CC(F)(F)C3)C2)c1. The van der Waals surface area contributed by atoms with Crippen LogP contribution in [0.4, 0.5) is 13.2 Å². The van der Waals surface area contributed by atoms with Crippen molar-refractivity contribution in [3.63, 3.8) is 0 Å². The van der Waals surface area contributed by atoms with E-state index in [1.54, 1.807) is 0 Å². The predicted molar refractivity (Wildman–Crippen MR) is 72.7 cm³/mol. The molecule has 0 N–H and O–H groups in total. The summed E-state index contributed by atoms with van der Waals surface area (Å²) in [5, 5.41) is 0. The number of hydrogen-bond donors (Lipinski definition) is 0. The number of likely N-dealkylation sites (tertiary alicyclic amines) is 2. The Bertz CT molecular complexity index is 679. The van der Waals surface area contributed by atoms with E-state index in [0.717, 1.165) is 17.0 Å². The second-order valence-electron chi connectivity index (χ2n) is 5.81. The molecular formula is C15H13F3N2O3. The Kier molecular flexibility index (Phi) is 3.62. The van der Waals surface area contributed by atoms with E-state index in [9.17, 15) is 27.6 Å². The van der Waals surface area contributed by atoms with Crippen molar-refractivity contribution in [1.29, 1.82) is 0 Å². The second-order valence-corrected chi connectivity index (χ2v) is 5.81. The smallest absolute Gasteiger partial charge is 0.282 e. The molecule has 122 valence electrons. The van der Waals surface area contributed by atoms with Crippen LogP contribution in [0.3, 0.4) is 0 Å². The summed E-state index contributed by atoms with van der Waals surface area (Å²) in [6.07, 6.45) is 0.503. The number of halogens is 3. The molecule has 2 amide bonds. The highest BCUT2D eigenvalue weighted by Gasteiger charge is 2.49. The highest BCUT2D eigenvalue weighted by Crippen LogP contribution is 2.30. The minimum Gasteiger partial charge on any atom is -0.337 e. The summed E-state index contributed by atoms with van der Waals surface area (Å²) in [5.41, 5.74) is -0.0679. The summed E-state index contributed by atoms with van der Waals surface area (Å²) in [6, 6.07) is 3.43. The van der Waals surface area contributed by atoms with Gasteiger partial charge in [0.1, 0.15) is 12.1 Å². The maximum Gasteiger partial charge on any atom is 0.282 e. The Labute approximate surface area is 129 Å². The van der Waals surface area contributed by atoms with Gasteiger partial charge in [-0.3, -0.25) is 14.4 Å². The van der Waals surface area contributed by atoms with Gasteiger partial charge in [0.25, 0.3) is 11.8 Å². The van der Waals surface area contributed by atoms with Gasteiger partial charge in [-0.15, -0.1) is 0 Å². The summed E-state index contributed by atoms with van der Waals surface area (Å²) in [6.45, 7) is -1.06. The van der Waals surface area contributed by atoms with E-state index >= 15 is 0 Å². The monoisotopic (exact) mass is 326 g/mol. The van der Waals surface area contributed by atoms with Crippen LogP contribution in [0.15, 0.2) is 18.2 Å². The van der Waals surface area contributed by atoms with Crippen LogP contribution in [-0.4, -0.2) is 60.0 Å². The lowest BCUT2D eigenvalue weighted by atomic mass is 9.95. The first-order chi connectivity index (χ1) is 10.8. The average Bonchev–Trinajstić information content (AvgIpc) is 2.43. The van der Waals surface area contributed by atoms with Gasteiger partial charge in [-0.2, -0.15) is 0 Å². The Balaban J connectivity index is 1.60. The van der Waals surface area contributed by atoms with Crippen molar-refractivity contribution in [2.75, 3.05) is 26.2 Å². The summed E-state index contributed by atoms with van der Waals surface area (Å²) in [7, 11) is 0. The van der Waals surface area contributed by atoms with Gasteiger partial charge >= 0.3 is 0 Å². The molecule has 0 unspecified atom stereocenters. The Morgan fingerprint density at radius 2 is 1.83 bits per heavy atom. The number of benzene rings is 1. The minimum absolute atomic E-state index is 0.0600. The number of carbonyl (C=O) groups is 3. The van der Waals surface area contributed by atoms with E-state index < -0.39 is 42.6 Å². The van der Waals surface area contributed by atoms with Gasteiger partial charge in [0, 0.05) is 18.7 Å². The molecule has 2 saturated heterocycles. The molecule has 2 heterocycles. The summed E-state index contributed by atoms with van der Waals surface area (Å²) in [5.74, 6) is -5.15. The lowest BCUT2D eigenvalue weighted by Gasteiger charge is -2.45. The number of amides is 2. The molecule has 3 rings (SSSR count). The second kappa shape index (κ2) is 5.36. The van der Waals surface area contributed by atoms with Gasteiger partial charge in [0.2, 0.25) is 5.91 Å². The zero-order valence-corrected chi connectivity index (χ0v) is 12.0. The van der Waals surface area contributed by atoms with Crippen molar-refractivity contribution in [1.82, 2.24) is 9.80 Å². The fourth-order valence-electron chi connectivity index (χ4n) is 2.68. The first kappa shape index (κ1) is 15.5. The molecule has 0 saturated carbocycles. The van der Waals surface area contributed by atoms with Crippen molar-refractivity contribution in [2.24, 2.45) is 5.92 Å². The number of carbonyl (C=O) groups excluding carboxylic acids is 3. The van der Waals surface area contributed by atoms with Crippen LogP contribution >= 0.6 is 0 Å². The van der Waals surface area contributed by atoms with Crippen LogP contribution in [0, 0.1) is 11.7 Å². The Morgan fingerprint density at radius 1 is 1.17 bits per heavy atom. The molecule has 1 aromatic rings. The number of alkyl halides is 2. The molecule has 0 radical (unpaired) electrons. The molecule has 2 aliphatic rings. The summed E-state index contributed by atoms with van der Waals surface area (Å²) < 4.78 is 39.2. The van der Waals surface area contributed by atoms with Gasteiger partial charge in [-0.25, -0.2) is 13.2 Å². The fourth-order valence-corrected chi connectivity index (χ4v) is 2.68. The quantitative estimate of drug-likeness (QED) is 0.784. The predicted octanol–water partition coefficient (Wildman–Crippen LogP) is 1.19. The first-order valence-electron chi connectivity index (χ1n) is 7.01. The van der Waals surface area contributed by atoms with E-state index in [1.165, 1.54) is 11.0 Å². The van der Waals surface area contributed by atoms with Crippen LogP contribution < -0.4 is 0 Å². The summed E-state index contributed by atoms with van der Waals surface area (Å²) in [4.78, 5) is 37.1. The topological polar surface area (TPSA) is 57.7 Å². The third kappa shape index (κ3) is 2.80. The zero-order chi connectivity index (χ0) is 16.8. The van der Waals surface area contributed by atoms with E-state index in [0.29, 0.717) is 6.29 Å². The molecule has 0 spiro atoms. The maximum absolute atomic E-state index is 13.7. The van der Waals surface area contributed by atoms with Crippen molar-refractivity contribution >= 4 is 18.1 Å². The van der Waals surface area contributed by atoms with Gasteiger partial charge < -0.3 is 9.80 Å². The van der Waals surface area contributed by atoms with Crippen LogP contribution in [0.5, 0.6) is 0 Å². The fraction of sp³-hybridized carbons (Fsp3) is 0.400. The van der Waals surface area contributed by atoms with Crippen molar-refractivity contribution in [2.45, 2.75) is 5.92 Å². The molecule has 2 aliphatic heterocycles. The van der Waals surface area contributed by atoms with E-state index in [2.05, 4.69) is 0 Å². The minimum atomic E-state index is -2.83. The number of hydrogen-bond acceptors (Lipinski definition) is 3. The lowest BCUT2D eigenvalue weighted by molar-refractivity contribution is -0.173. The van der Waals surface area contributed by atoms with Crippen LogP contribution in [0.1, 0.15) is 20.7 Å². The molecule has 1 aromatic carbocycles. The third-order valence-electron chi connectivity index (χ3n) is 4.03. The standard InChI is InChI=1S/C15H13F3N2O3/c16-12-2-1-9(6-21)3-11(12)14(23)19-4-10(5-19)13(22)20-7-15(17,18)8-20/h1-3,6,10H,4-5,7-8H2. The molecule has 0 aromatic heterocycles. The molecule has 8 heteroatoms. The number of rotatable bonds is 3. The van der Waals surface area contributed by atoms with Crippen LogP contribution in [0.2, 0.25) is 0 Å².